The van der Waals surface area contributed by atoms with Crippen molar-refractivity contribution in [1.82, 2.24) is 4.72 Å². The van der Waals surface area contributed by atoms with Crippen LogP contribution in [-0.2, 0) is 21.3 Å². The van der Waals surface area contributed by atoms with Crippen LogP contribution < -0.4 is 10.6 Å². The van der Waals surface area contributed by atoms with Gasteiger partial charge in [0.15, 0.2) is 0 Å². The Labute approximate surface area is 95.6 Å². The zero-order chi connectivity index (χ0) is 12.0. The Bertz CT molecular complexity index is 414. The summed E-state index contributed by atoms with van der Waals surface area (Å²) in [5.74, 6) is 4.91. The van der Waals surface area contributed by atoms with E-state index in [1.165, 1.54) is 0 Å². The first-order valence-electron chi connectivity index (χ1n) is 5.00. The maximum Gasteiger partial charge on any atom is 0.240 e. The van der Waals surface area contributed by atoms with Crippen molar-refractivity contribution in [3.63, 3.8) is 0 Å². The first-order valence-corrected chi connectivity index (χ1v) is 6.48. The van der Waals surface area contributed by atoms with Crippen molar-refractivity contribution in [2.45, 2.75) is 18.2 Å². The van der Waals surface area contributed by atoms with Gasteiger partial charge >= 0.3 is 0 Å². The highest BCUT2D eigenvalue weighted by Gasteiger charge is 2.11. The number of benzene rings is 1. The van der Waals surface area contributed by atoms with E-state index in [1.807, 2.05) is 0 Å². The van der Waals surface area contributed by atoms with Crippen molar-refractivity contribution >= 4 is 10.0 Å². The molecule has 90 valence electrons. The number of rotatable bonds is 6. The summed E-state index contributed by atoms with van der Waals surface area (Å²) in [6.07, 6.45) is 0.665. The topological polar surface area (TPSA) is 81.4 Å². The minimum Gasteiger partial charge on any atom is -0.304 e. The Morgan fingerprint density at radius 1 is 1.31 bits per heavy atom. The Morgan fingerprint density at radius 2 is 1.94 bits per heavy atom. The smallest absolute Gasteiger partial charge is 0.240 e. The molecule has 16 heavy (non-hydrogen) atoms. The fourth-order valence-electron chi connectivity index (χ4n) is 1.29. The first kappa shape index (κ1) is 13.1. The van der Waals surface area contributed by atoms with E-state index >= 15 is 0 Å². The molecule has 0 aromatic heterocycles. The van der Waals surface area contributed by atoms with Crippen molar-refractivity contribution in [2.75, 3.05) is 13.2 Å². The fraction of sp³-hybridized carbons (Fsp3) is 0.400. The molecular formula is C10H16N2O3S. The van der Waals surface area contributed by atoms with Crippen LogP contribution in [0.3, 0.4) is 0 Å². The minimum atomic E-state index is -3.35. The van der Waals surface area contributed by atoms with Crippen LogP contribution in [0.5, 0.6) is 0 Å². The van der Waals surface area contributed by atoms with Gasteiger partial charge in [-0.05, 0) is 24.1 Å². The average Bonchev–Trinajstić information content (AvgIpc) is 2.27. The van der Waals surface area contributed by atoms with Crippen molar-refractivity contribution in [1.29, 1.82) is 0 Å². The summed E-state index contributed by atoms with van der Waals surface area (Å²) >= 11 is 0. The van der Waals surface area contributed by atoms with Gasteiger partial charge in [-0.1, -0.05) is 19.1 Å². The summed E-state index contributed by atoms with van der Waals surface area (Å²) < 4.78 is 25.6. The van der Waals surface area contributed by atoms with E-state index in [9.17, 15) is 8.42 Å². The SMILES string of the molecule is CCNS(=O)(=O)c1ccc(CCON)cc1. The number of hydrogen-bond acceptors (Lipinski definition) is 4. The maximum absolute atomic E-state index is 11.6. The van der Waals surface area contributed by atoms with E-state index in [-0.39, 0.29) is 4.90 Å². The van der Waals surface area contributed by atoms with E-state index in [0.717, 1.165) is 5.56 Å². The first-order chi connectivity index (χ1) is 7.60. The van der Waals surface area contributed by atoms with Gasteiger partial charge in [-0.2, -0.15) is 0 Å². The molecule has 1 aromatic carbocycles. The normalized spacial score (nSPS) is 11.6. The van der Waals surface area contributed by atoms with Crippen LogP contribution in [0.2, 0.25) is 0 Å². The molecule has 0 spiro atoms. The zero-order valence-corrected chi connectivity index (χ0v) is 9.96. The number of nitrogens with two attached hydrogens (primary N) is 1. The van der Waals surface area contributed by atoms with E-state index in [4.69, 9.17) is 5.90 Å². The van der Waals surface area contributed by atoms with Crippen LogP contribution >= 0.6 is 0 Å². The van der Waals surface area contributed by atoms with Crippen LogP contribution in [0.15, 0.2) is 29.2 Å². The standard InChI is InChI=1S/C10H16N2O3S/c1-2-12-16(13,14)10-5-3-9(4-6-10)7-8-15-11/h3-6,12H,2,7-8,11H2,1H3. The second-order valence-corrected chi connectivity index (χ2v) is 5.03. The van der Waals surface area contributed by atoms with Gasteiger partial charge in [0.2, 0.25) is 10.0 Å². The molecule has 0 fully saturated rings. The highest BCUT2D eigenvalue weighted by Crippen LogP contribution is 2.10. The molecule has 0 aliphatic rings. The van der Waals surface area contributed by atoms with Crippen LogP contribution in [0.4, 0.5) is 0 Å². The molecule has 1 rings (SSSR count). The van der Waals surface area contributed by atoms with Gasteiger partial charge in [0, 0.05) is 6.54 Å². The number of sulfonamides is 1. The second kappa shape index (κ2) is 5.95. The molecule has 0 unspecified atom stereocenters. The van der Waals surface area contributed by atoms with Gasteiger partial charge in [0.1, 0.15) is 0 Å². The summed E-state index contributed by atoms with van der Waals surface area (Å²) in [6.45, 7) is 2.54. The minimum absolute atomic E-state index is 0.270. The van der Waals surface area contributed by atoms with Crippen LogP contribution in [0.1, 0.15) is 12.5 Å². The van der Waals surface area contributed by atoms with Gasteiger partial charge in [0.25, 0.3) is 0 Å². The lowest BCUT2D eigenvalue weighted by molar-refractivity contribution is 0.141. The van der Waals surface area contributed by atoms with E-state index < -0.39 is 10.0 Å². The van der Waals surface area contributed by atoms with Gasteiger partial charge in [-0.15, -0.1) is 0 Å². The molecule has 0 saturated carbocycles. The van der Waals surface area contributed by atoms with Crippen LogP contribution in [0, 0.1) is 0 Å². The summed E-state index contributed by atoms with van der Waals surface area (Å²) in [4.78, 5) is 4.72. The number of nitrogens with one attached hydrogen (secondary N) is 1. The maximum atomic E-state index is 11.6. The van der Waals surface area contributed by atoms with E-state index in [2.05, 4.69) is 9.56 Å². The molecule has 0 amide bonds. The summed E-state index contributed by atoms with van der Waals surface area (Å²) in [5, 5.41) is 0. The van der Waals surface area contributed by atoms with Crippen molar-refractivity contribution in [2.24, 2.45) is 5.90 Å². The molecule has 0 heterocycles. The van der Waals surface area contributed by atoms with Crippen molar-refractivity contribution in [3.8, 4) is 0 Å². The quantitative estimate of drug-likeness (QED) is 0.710. The van der Waals surface area contributed by atoms with Crippen LogP contribution in [-0.4, -0.2) is 21.6 Å². The average molecular weight is 244 g/mol. The lowest BCUT2D eigenvalue weighted by Gasteiger charge is -2.05. The molecule has 0 saturated heterocycles. The Hall–Kier alpha value is -0.950. The predicted octanol–water partition coefficient (Wildman–Crippen LogP) is 0.418. The molecule has 0 aliphatic carbocycles. The zero-order valence-electron chi connectivity index (χ0n) is 9.14. The Balaban J connectivity index is 2.78. The Kier molecular flexibility index (Phi) is 4.88. The number of hydrogen-bond donors (Lipinski definition) is 2. The molecule has 1 aromatic rings. The fourth-order valence-corrected chi connectivity index (χ4v) is 2.33. The molecule has 3 N–H and O–H groups in total. The third-order valence-corrected chi connectivity index (χ3v) is 3.64. The van der Waals surface area contributed by atoms with E-state index in [1.54, 1.807) is 31.2 Å². The summed E-state index contributed by atoms with van der Waals surface area (Å²) in [6, 6.07) is 6.65. The summed E-state index contributed by atoms with van der Waals surface area (Å²) in [7, 11) is -3.35. The van der Waals surface area contributed by atoms with E-state index in [0.29, 0.717) is 19.6 Å². The highest BCUT2D eigenvalue weighted by atomic mass is 32.2. The third-order valence-electron chi connectivity index (χ3n) is 2.08. The molecule has 0 atom stereocenters. The molecular weight excluding hydrogens is 228 g/mol. The molecule has 5 nitrogen and oxygen atoms in total. The molecule has 6 heteroatoms. The molecule has 0 bridgehead atoms. The van der Waals surface area contributed by atoms with Gasteiger partial charge in [-0.25, -0.2) is 19.0 Å². The lowest BCUT2D eigenvalue weighted by Crippen LogP contribution is -2.23. The molecule has 0 radical (unpaired) electrons. The summed E-state index contributed by atoms with van der Waals surface area (Å²) in [5.41, 5.74) is 0.987. The van der Waals surface area contributed by atoms with Gasteiger partial charge in [0.05, 0.1) is 11.5 Å². The highest BCUT2D eigenvalue weighted by molar-refractivity contribution is 7.89. The Morgan fingerprint density at radius 3 is 2.44 bits per heavy atom. The van der Waals surface area contributed by atoms with Crippen LogP contribution in [0.25, 0.3) is 0 Å². The lowest BCUT2D eigenvalue weighted by atomic mass is 10.2. The monoisotopic (exact) mass is 244 g/mol. The van der Waals surface area contributed by atoms with Crippen molar-refractivity contribution < 1.29 is 13.3 Å². The largest absolute Gasteiger partial charge is 0.304 e. The van der Waals surface area contributed by atoms with Gasteiger partial charge in [-0.3, -0.25) is 0 Å². The predicted molar refractivity (Wildman–Crippen MR) is 61.1 cm³/mol. The second-order valence-electron chi connectivity index (χ2n) is 3.27. The van der Waals surface area contributed by atoms with Gasteiger partial charge < -0.3 is 4.84 Å². The molecule has 0 aliphatic heterocycles. The third kappa shape index (κ3) is 3.57. The van der Waals surface area contributed by atoms with Crippen molar-refractivity contribution in [3.05, 3.63) is 29.8 Å².